The van der Waals surface area contributed by atoms with Gasteiger partial charge in [0.2, 0.25) is 5.91 Å². The zero-order valence-corrected chi connectivity index (χ0v) is 25.4. The summed E-state index contributed by atoms with van der Waals surface area (Å²) in [5, 5.41) is 23.8. The predicted molar refractivity (Wildman–Crippen MR) is 164 cm³/mol. The molecule has 3 fully saturated rings. The Hall–Kier alpha value is -2.57. The molecule has 5 aliphatic rings. The Morgan fingerprint density at radius 3 is 2.64 bits per heavy atom. The number of phenols is 1. The molecule has 7 rings (SSSR count). The molecule has 226 valence electrons. The zero-order chi connectivity index (χ0) is 29.1. The summed E-state index contributed by atoms with van der Waals surface area (Å²) in [6, 6.07) is 14.4. The van der Waals surface area contributed by atoms with Gasteiger partial charge < -0.3 is 19.8 Å². The standard InChI is InChI=1S/C36H48N2O4/c1-24(2)22-38(31(40)12-8-4-7-11-25-9-5-3-6-10-25)28-17-18-36(41)30-21-27-15-16-29(39)33-32(27)35(36,34(28)42-33)19-20-37(30)23-26-13-14-26/h3,5-6,9-10,15-16,24,26,28,30,34,39,41H,4,7-8,11-14,17-23H2,1-2H3/t28-,30+,34+,35+,36-/m1/s1. The zero-order valence-electron chi connectivity index (χ0n) is 25.4. The van der Waals surface area contributed by atoms with E-state index in [2.05, 4.69) is 60.0 Å². The molecule has 1 spiro atoms. The Bertz CT molecular complexity index is 1310. The monoisotopic (exact) mass is 572 g/mol. The molecule has 1 saturated heterocycles. The highest BCUT2D eigenvalue weighted by Gasteiger charge is 2.73. The van der Waals surface area contributed by atoms with Gasteiger partial charge in [0.05, 0.1) is 17.1 Å². The first-order valence-electron chi connectivity index (χ1n) is 16.6. The number of hydrogen-bond acceptors (Lipinski definition) is 5. The number of amides is 1. The van der Waals surface area contributed by atoms with Crippen LogP contribution in [0.1, 0.15) is 88.3 Å². The highest BCUT2D eigenvalue weighted by molar-refractivity contribution is 5.77. The summed E-state index contributed by atoms with van der Waals surface area (Å²) >= 11 is 0. The van der Waals surface area contributed by atoms with Gasteiger partial charge in [-0.2, -0.15) is 0 Å². The number of nitrogens with zero attached hydrogens (tertiary/aromatic N) is 2. The van der Waals surface area contributed by atoms with Crippen LogP contribution in [0, 0.1) is 11.8 Å². The van der Waals surface area contributed by atoms with Gasteiger partial charge in [-0.05, 0) is 93.4 Å². The van der Waals surface area contributed by atoms with E-state index >= 15 is 0 Å². The predicted octanol–water partition coefficient (Wildman–Crippen LogP) is 5.61. The van der Waals surface area contributed by atoms with Crippen LogP contribution in [0.5, 0.6) is 11.5 Å². The number of rotatable bonds is 11. The van der Waals surface area contributed by atoms with E-state index < -0.39 is 11.0 Å². The quantitative estimate of drug-likeness (QED) is 0.343. The fourth-order valence-corrected chi connectivity index (χ4v) is 9.16. The van der Waals surface area contributed by atoms with Gasteiger partial charge in [0.15, 0.2) is 11.5 Å². The van der Waals surface area contributed by atoms with Crippen LogP contribution in [0.4, 0.5) is 0 Å². The molecule has 42 heavy (non-hydrogen) atoms. The molecular weight excluding hydrogens is 524 g/mol. The lowest BCUT2D eigenvalue weighted by Crippen LogP contribution is -2.78. The summed E-state index contributed by atoms with van der Waals surface area (Å²) in [5.41, 5.74) is 2.10. The lowest BCUT2D eigenvalue weighted by atomic mass is 9.48. The van der Waals surface area contributed by atoms with E-state index in [1.165, 1.54) is 24.0 Å². The Morgan fingerprint density at radius 2 is 1.88 bits per heavy atom. The first-order chi connectivity index (χ1) is 20.3. The van der Waals surface area contributed by atoms with Crippen LogP contribution in [0.15, 0.2) is 42.5 Å². The summed E-state index contributed by atoms with van der Waals surface area (Å²) in [5.74, 6) is 2.03. The van der Waals surface area contributed by atoms with Crippen LogP contribution in [-0.2, 0) is 23.1 Å². The van der Waals surface area contributed by atoms with Gasteiger partial charge in [-0.25, -0.2) is 0 Å². The van der Waals surface area contributed by atoms with Crippen molar-refractivity contribution in [1.29, 1.82) is 0 Å². The van der Waals surface area contributed by atoms with E-state index in [0.29, 0.717) is 31.1 Å². The number of hydrogen-bond donors (Lipinski definition) is 2. The number of aromatic hydroxyl groups is 1. The van der Waals surface area contributed by atoms with Crippen LogP contribution in [0.3, 0.4) is 0 Å². The number of likely N-dealkylation sites (tertiary alicyclic amines) is 1. The Kier molecular flexibility index (Phi) is 7.29. The van der Waals surface area contributed by atoms with Crippen LogP contribution in [0.2, 0.25) is 0 Å². The maximum absolute atomic E-state index is 14.0. The third-order valence-electron chi connectivity index (χ3n) is 11.2. The SMILES string of the molecule is CC(C)CN(C(=O)CCCCCc1ccccc1)[C@@H]1CC[C@@]2(O)[C@@H]3Cc4ccc(O)c5c4[C@@]2(CCN3CC2CC2)[C@H]1O5. The van der Waals surface area contributed by atoms with E-state index in [1.807, 2.05) is 0 Å². The third kappa shape index (κ3) is 4.55. The maximum atomic E-state index is 14.0. The maximum Gasteiger partial charge on any atom is 0.222 e. The molecule has 2 aromatic carbocycles. The number of carbonyl (C=O) groups is 1. The van der Waals surface area contributed by atoms with Gasteiger partial charge >= 0.3 is 0 Å². The fourth-order valence-electron chi connectivity index (χ4n) is 9.16. The minimum Gasteiger partial charge on any atom is -0.504 e. The van der Waals surface area contributed by atoms with Crippen molar-refractivity contribution in [2.45, 2.75) is 114 Å². The van der Waals surface area contributed by atoms with Crippen molar-refractivity contribution < 1.29 is 19.7 Å². The molecule has 0 unspecified atom stereocenters. The Labute approximate surface area is 251 Å². The Morgan fingerprint density at radius 1 is 1.07 bits per heavy atom. The summed E-state index contributed by atoms with van der Waals surface area (Å²) < 4.78 is 6.80. The van der Waals surface area contributed by atoms with Crippen molar-refractivity contribution >= 4 is 5.91 Å². The molecule has 3 aliphatic carbocycles. The molecule has 2 heterocycles. The van der Waals surface area contributed by atoms with E-state index in [-0.39, 0.29) is 29.8 Å². The molecule has 0 aromatic heterocycles. The van der Waals surface area contributed by atoms with Gasteiger partial charge in [-0.3, -0.25) is 9.69 Å². The minimum atomic E-state index is -0.919. The van der Waals surface area contributed by atoms with Crippen LogP contribution in [-0.4, -0.2) is 69.3 Å². The molecule has 2 aliphatic heterocycles. The smallest absolute Gasteiger partial charge is 0.222 e. The van der Waals surface area contributed by atoms with Gasteiger partial charge in [0.1, 0.15) is 6.10 Å². The number of aryl methyl sites for hydroxylation is 1. The average Bonchev–Trinajstić information content (AvgIpc) is 3.72. The number of aliphatic hydroxyl groups is 1. The normalized spacial score (nSPS) is 31.1. The van der Waals surface area contributed by atoms with Crippen molar-refractivity contribution in [2.24, 2.45) is 11.8 Å². The largest absolute Gasteiger partial charge is 0.504 e. The van der Waals surface area contributed by atoms with Gasteiger partial charge in [-0.1, -0.05) is 56.7 Å². The lowest BCUT2D eigenvalue weighted by molar-refractivity contribution is -0.202. The number of carbonyl (C=O) groups excluding carboxylic acids is 1. The molecule has 1 amide bonds. The summed E-state index contributed by atoms with van der Waals surface area (Å²) in [6.45, 7) is 7.05. The van der Waals surface area contributed by atoms with Gasteiger partial charge in [0, 0.05) is 31.1 Å². The van der Waals surface area contributed by atoms with Gasteiger partial charge in [-0.15, -0.1) is 0 Å². The topological polar surface area (TPSA) is 73.2 Å². The molecule has 5 atom stereocenters. The number of unbranched alkanes of at least 4 members (excludes halogenated alkanes) is 2. The highest BCUT2D eigenvalue weighted by atomic mass is 16.5. The van der Waals surface area contributed by atoms with Crippen molar-refractivity contribution in [2.75, 3.05) is 19.6 Å². The van der Waals surface area contributed by atoms with Crippen LogP contribution < -0.4 is 4.74 Å². The number of phenolic OH excluding ortho intramolecular Hbond substituents is 1. The Balaban J connectivity index is 1.14. The molecule has 2 bridgehead atoms. The highest BCUT2D eigenvalue weighted by Crippen LogP contribution is 2.66. The molecule has 2 N–H and O–H groups in total. The average molecular weight is 573 g/mol. The van der Waals surface area contributed by atoms with Crippen molar-refractivity contribution in [3.8, 4) is 11.5 Å². The first kappa shape index (κ1) is 28.2. The summed E-state index contributed by atoms with van der Waals surface area (Å²) in [4.78, 5) is 18.7. The third-order valence-corrected chi connectivity index (χ3v) is 11.2. The summed E-state index contributed by atoms with van der Waals surface area (Å²) in [7, 11) is 0. The number of piperidine rings is 1. The minimum absolute atomic E-state index is 0.0563. The first-order valence-corrected chi connectivity index (χ1v) is 16.6. The second-order valence-electron chi connectivity index (χ2n) is 14.4. The van der Waals surface area contributed by atoms with E-state index in [0.717, 1.165) is 69.5 Å². The molecule has 6 heteroatoms. The molecular formula is C36H48N2O4. The van der Waals surface area contributed by atoms with Crippen molar-refractivity contribution in [3.63, 3.8) is 0 Å². The number of benzene rings is 2. The van der Waals surface area contributed by atoms with Gasteiger partial charge in [0.25, 0.3) is 0 Å². The lowest BCUT2D eigenvalue weighted by Gasteiger charge is -2.65. The van der Waals surface area contributed by atoms with Crippen molar-refractivity contribution in [1.82, 2.24) is 9.80 Å². The molecule has 0 radical (unpaired) electrons. The van der Waals surface area contributed by atoms with Crippen LogP contribution >= 0.6 is 0 Å². The van der Waals surface area contributed by atoms with E-state index in [9.17, 15) is 15.0 Å². The van der Waals surface area contributed by atoms with Crippen LogP contribution in [0.25, 0.3) is 0 Å². The van der Waals surface area contributed by atoms with E-state index in [1.54, 1.807) is 6.07 Å². The van der Waals surface area contributed by atoms with Crippen molar-refractivity contribution in [3.05, 3.63) is 59.2 Å². The molecule has 2 saturated carbocycles. The molecule has 2 aromatic rings. The second kappa shape index (κ2) is 10.9. The van der Waals surface area contributed by atoms with E-state index in [4.69, 9.17) is 4.74 Å². The molecule has 6 nitrogen and oxygen atoms in total. The fraction of sp³-hybridized carbons (Fsp3) is 0.639. The second-order valence-corrected chi connectivity index (χ2v) is 14.4. The number of ether oxygens (including phenoxy) is 1. The summed E-state index contributed by atoms with van der Waals surface area (Å²) in [6.07, 6.45) is 9.85.